The van der Waals surface area contributed by atoms with Crippen LogP contribution in [0.1, 0.15) is 20.3 Å². The molecule has 20 heavy (non-hydrogen) atoms. The average Bonchev–Trinajstić information content (AvgIpc) is 2.41. The highest BCUT2D eigenvalue weighted by Crippen LogP contribution is 2.27. The third-order valence-electron chi connectivity index (χ3n) is 2.93. The van der Waals surface area contributed by atoms with Gasteiger partial charge < -0.3 is 10.2 Å². The van der Waals surface area contributed by atoms with Gasteiger partial charge in [-0.3, -0.25) is 14.9 Å². The van der Waals surface area contributed by atoms with Crippen LogP contribution in [-0.2, 0) is 4.79 Å². The zero-order valence-electron chi connectivity index (χ0n) is 11.6. The lowest BCUT2D eigenvalue weighted by Gasteiger charge is -2.18. The van der Waals surface area contributed by atoms with Crippen molar-refractivity contribution in [3.05, 3.63) is 32.8 Å². The number of hydrogen-bond donors (Lipinski definition) is 1. The summed E-state index contributed by atoms with van der Waals surface area (Å²) in [5, 5.41) is 13.9. The van der Waals surface area contributed by atoms with Crippen molar-refractivity contribution in [2.45, 2.75) is 20.3 Å². The van der Waals surface area contributed by atoms with Crippen LogP contribution in [0, 0.1) is 10.1 Å². The third-order valence-corrected chi connectivity index (χ3v) is 3.42. The van der Waals surface area contributed by atoms with Crippen molar-refractivity contribution in [2.75, 3.05) is 25.0 Å². The quantitative estimate of drug-likeness (QED) is 0.609. The molecule has 0 radical (unpaired) electrons. The molecule has 0 bridgehead atoms. The molecule has 0 spiro atoms. The lowest BCUT2D eigenvalue weighted by atomic mass is 10.2. The molecule has 0 saturated carbocycles. The van der Waals surface area contributed by atoms with Crippen LogP contribution in [0.2, 0.25) is 0 Å². The fourth-order valence-electron chi connectivity index (χ4n) is 1.84. The van der Waals surface area contributed by atoms with Crippen LogP contribution in [0.15, 0.2) is 22.7 Å². The van der Waals surface area contributed by atoms with E-state index in [9.17, 15) is 14.9 Å². The minimum absolute atomic E-state index is 0.00494. The third kappa shape index (κ3) is 4.48. The fraction of sp³-hybridized carbons (Fsp3) is 0.462. The van der Waals surface area contributed by atoms with Crippen molar-refractivity contribution in [3.63, 3.8) is 0 Å². The number of hydrogen-bond acceptors (Lipinski definition) is 4. The first-order valence-corrected chi connectivity index (χ1v) is 7.24. The van der Waals surface area contributed by atoms with Gasteiger partial charge in [0.2, 0.25) is 5.91 Å². The second-order valence-electron chi connectivity index (χ2n) is 4.16. The van der Waals surface area contributed by atoms with Crippen LogP contribution in [0.4, 0.5) is 11.4 Å². The molecule has 1 rings (SSSR count). The molecule has 0 unspecified atom stereocenters. The highest BCUT2D eigenvalue weighted by molar-refractivity contribution is 9.10. The molecular formula is C13H18BrN3O3. The Kier molecular flexibility index (Phi) is 6.44. The van der Waals surface area contributed by atoms with Crippen molar-refractivity contribution < 1.29 is 9.72 Å². The van der Waals surface area contributed by atoms with E-state index in [1.165, 1.54) is 6.07 Å². The predicted octanol–water partition coefficient (Wildman–Crippen LogP) is 3.03. The number of nitrogens with one attached hydrogen (secondary N) is 1. The van der Waals surface area contributed by atoms with Gasteiger partial charge in [0, 0.05) is 36.6 Å². The summed E-state index contributed by atoms with van der Waals surface area (Å²) in [6.07, 6.45) is 0.314. The number of nitro benzene ring substituents is 1. The summed E-state index contributed by atoms with van der Waals surface area (Å²) >= 11 is 3.20. The summed E-state index contributed by atoms with van der Waals surface area (Å²) in [5.74, 6) is 0.0438. The molecule has 0 fully saturated rings. The van der Waals surface area contributed by atoms with E-state index in [4.69, 9.17) is 0 Å². The summed E-state index contributed by atoms with van der Waals surface area (Å²) < 4.78 is 0.647. The first-order chi connectivity index (χ1) is 9.49. The predicted molar refractivity (Wildman–Crippen MR) is 81.8 cm³/mol. The van der Waals surface area contributed by atoms with Crippen molar-refractivity contribution >= 4 is 33.2 Å². The first-order valence-electron chi connectivity index (χ1n) is 6.45. The molecular weight excluding hydrogens is 326 g/mol. The van der Waals surface area contributed by atoms with Gasteiger partial charge in [0.05, 0.1) is 4.92 Å². The maximum absolute atomic E-state index is 11.8. The topological polar surface area (TPSA) is 75.5 Å². The molecule has 1 aromatic rings. The monoisotopic (exact) mass is 343 g/mol. The van der Waals surface area contributed by atoms with Crippen LogP contribution in [0.3, 0.4) is 0 Å². The summed E-state index contributed by atoms with van der Waals surface area (Å²) in [6.45, 7) is 5.57. The fourth-order valence-corrected chi connectivity index (χ4v) is 2.19. The molecule has 0 aromatic heterocycles. The SMILES string of the molecule is CCN(CC)C(=O)CCNc1ccc(Br)cc1[N+](=O)[O-]. The van der Waals surface area contributed by atoms with E-state index in [-0.39, 0.29) is 11.6 Å². The maximum atomic E-state index is 11.8. The summed E-state index contributed by atoms with van der Waals surface area (Å²) in [4.78, 5) is 24.0. The molecule has 6 nitrogen and oxygen atoms in total. The lowest BCUT2D eigenvalue weighted by molar-refractivity contribution is -0.384. The number of carbonyl (C=O) groups excluding carboxylic acids is 1. The van der Waals surface area contributed by atoms with Gasteiger partial charge in [-0.25, -0.2) is 0 Å². The molecule has 0 saturated heterocycles. The molecule has 0 heterocycles. The number of benzene rings is 1. The number of carbonyl (C=O) groups is 1. The number of anilines is 1. The minimum Gasteiger partial charge on any atom is -0.379 e. The van der Waals surface area contributed by atoms with E-state index >= 15 is 0 Å². The molecule has 1 N–H and O–H groups in total. The summed E-state index contributed by atoms with van der Waals surface area (Å²) in [7, 11) is 0. The standard InChI is InChI=1S/C13H18BrN3O3/c1-3-16(4-2)13(18)7-8-15-11-6-5-10(14)9-12(11)17(19)20/h5-6,9,15H,3-4,7-8H2,1-2H3. The van der Waals surface area contributed by atoms with Crippen molar-refractivity contribution in [1.29, 1.82) is 0 Å². The smallest absolute Gasteiger partial charge is 0.293 e. The van der Waals surface area contributed by atoms with Gasteiger partial charge in [-0.05, 0) is 26.0 Å². The number of nitro groups is 1. The van der Waals surface area contributed by atoms with E-state index in [0.717, 1.165) is 0 Å². The Bertz CT molecular complexity index is 490. The maximum Gasteiger partial charge on any atom is 0.293 e. The number of halogens is 1. The van der Waals surface area contributed by atoms with E-state index < -0.39 is 4.92 Å². The van der Waals surface area contributed by atoms with Gasteiger partial charge >= 0.3 is 0 Å². The van der Waals surface area contributed by atoms with E-state index in [2.05, 4.69) is 21.2 Å². The molecule has 1 aromatic carbocycles. The highest BCUT2D eigenvalue weighted by Gasteiger charge is 2.15. The van der Waals surface area contributed by atoms with E-state index in [1.54, 1.807) is 17.0 Å². The van der Waals surface area contributed by atoms with Gasteiger partial charge in [-0.2, -0.15) is 0 Å². The number of nitrogens with zero attached hydrogens (tertiary/aromatic N) is 2. The Morgan fingerprint density at radius 2 is 2.05 bits per heavy atom. The molecule has 1 amide bonds. The Hall–Kier alpha value is -1.63. The van der Waals surface area contributed by atoms with Crippen LogP contribution >= 0.6 is 15.9 Å². The van der Waals surface area contributed by atoms with Gasteiger partial charge in [-0.15, -0.1) is 0 Å². The molecule has 0 aliphatic carbocycles. The zero-order valence-corrected chi connectivity index (χ0v) is 13.1. The van der Waals surface area contributed by atoms with Crippen LogP contribution < -0.4 is 5.32 Å². The second-order valence-corrected chi connectivity index (χ2v) is 5.08. The highest BCUT2D eigenvalue weighted by atomic mass is 79.9. The minimum atomic E-state index is -0.445. The van der Waals surface area contributed by atoms with Crippen molar-refractivity contribution in [3.8, 4) is 0 Å². The molecule has 7 heteroatoms. The van der Waals surface area contributed by atoms with Crippen LogP contribution in [0.5, 0.6) is 0 Å². The van der Waals surface area contributed by atoms with Gasteiger partial charge in [0.15, 0.2) is 0 Å². The Labute approximate surface area is 126 Å². The number of rotatable bonds is 7. The molecule has 0 aliphatic heterocycles. The Morgan fingerprint density at radius 1 is 1.40 bits per heavy atom. The first kappa shape index (κ1) is 16.4. The van der Waals surface area contributed by atoms with Crippen molar-refractivity contribution in [1.82, 2.24) is 4.90 Å². The normalized spacial score (nSPS) is 10.2. The van der Waals surface area contributed by atoms with Crippen LogP contribution in [-0.4, -0.2) is 35.4 Å². The van der Waals surface area contributed by atoms with E-state index in [1.807, 2.05) is 13.8 Å². The average molecular weight is 344 g/mol. The summed E-state index contributed by atoms with van der Waals surface area (Å²) in [6, 6.07) is 4.79. The molecule has 110 valence electrons. The molecule has 0 atom stereocenters. The van der Waals surface area contributed by atoms with Gasteiger partial charge in [0.25, 0.3) is 5.69 Å². The Balaban J connectivity index is 2.62. The van der Waals surface area contributed by atoms with E-state index in [0.29, 0.717) is 36.2 Å². The number of amides is 1. The van der Waals surface area contributed by atoms with Crippen LogP contribution in [0.25, 0.3) is 0 Å². The van der Waals surface area contributed by atoms with Gasteiger partial charge in [-0.1, -0.05) is 15.9 Å². The lowest BCUT2D eigenvalue weighted by Crippen LogP contribution is -2.31. The second kappa shape index (κ2) is 7.84. The van der Waals surface area contributed by atoms with Crippen molar-refractivity contribution in [2.24, 2.45) is 0 Å². The zero-order chi connectivity index (χ0) is 15.1. The van der Waals surface area contributed by atoms with Gasteiger partial charge in [0.1, 0.15) is 5.69 Å². The molecule has 0 aliphatic rings. The summed E-state index contributed by atoms with van der Waals surface area (Å²) in [5.41, 5.74) is 0.417. The largest absolute Gasteiger partial charge is 0.379 e. The Morgan fingerprint density at radius 3 is 2.60 bits per heavy atom.